The molecule has 8 heteroatoms. The molecule has 3 aromatic carbocycles. The first-order chi connectivity index (χ1) is 17.9. The number of aromatic nitrogens is 2. The highest BCUT2D eigenvalue weighted by atomic mass is 19.4. The number of rotatable bonds is 7. The van der Waals surface area contributed by atoms with Gasteiger partial charge in [-0.15, -0.1) is 0 Å². The molecule has 2 unspecified atom stereocenters. The highest BCUT2D eigenvalue weighted by Gasteiger charge is 2.47. The molecule has 2 atom stereocenters. The van der Waals surface area contributed by atoms with E-state index in [0.29, 0.717) is 13.0 Å². The zero-order valence-electron chi connectivity index (χ0n) is 20.0. The summed E-state index contributed by atoms with van der Waals surface area (Å²) < 4.78 is 42.7. The minimum Gasteiger partial charge on any atom is -0.363 e. The third-order valence-electron chi connectivity index (χ3n) is 6.81. The SMILES string of the molecule is O=C(NCCC(c1ccccc1)c1ccccc1)c1cnn2c1NC(c1ccccc1)CC2C(F)(F)F. The van der Waals surface area contributed by atoms with Crippen LogP contribution in [0.15, 0.2) is 97.2 Å². The molecular formula is C29H27F3N4O. The van der Waals surface area contributed by atoms with Gasteiger partial charge in [-0.1, -0.05) is 91.0 Å². The number of hydrogen-bond acceptors (Lipinski definition) is 3. The van der Waals surface area contributed by atoms with E-state index < -0.39 is 24.2 Å². The summed E-state index contributed by atoms with van der Waals surface area (Å²) in [4.78, 5) is 13.1. The maximum atomic E-state index is 13.9. The average Bonchev–Trinajstić information content (AvgIpc) is 3.35. The number of amides is 1. The first-order valence-corrected chi connectivity index (χ1v) is 12.3. The smallest absolute Gasteiger partial charge is 0.363 e. The summed E-state index contributed by atoms with van der Waals surface area (Å²) in [5.74, 6) is -0.301. The molecule has 4 aromatic rings. The number of benzene rings is 3. The lowest BCUT2D eigenvalue weighted by Gasteiger charge is -2.34. The van der Waals surface area contributed by atoms with Crippen LogP contribution in [-0.2, 0) is 0 Å². The van der Waals surface area contributed by atoms with Crippen LogP contribution < -0.4 is 10.6 Å². The maximum Gasteiger partial charge on any atom is 0.410 e. The molecule has 0 radical (unpaired) electrons. The van der Waals surface area contributed by atoms with E-state index in [0.717, 1.165) is 21.4 Å². The third-order valence-corrected chi connectivity index (χ3v) is 6.81. The Bertz CT molecular complexity index is 1280. The van der Waals surface area contributed by atoms with Gasteiger partial charge in [0.05, 0.1) is 12.2 Å². The molecule has 37 heavy (non-hydrogen) atoms. The van der Waals surface area contributed by atoms with E-state index >= 15 is 0 Å². The first kappa shape index (κ1) is 24.6. The molecule has 0 saturated heterocycles. The number of alkyl halides is 3. The van der Waals surface area contributed by atoms with Crippen molar-refractivity contribution in [3.05, 3.63) is 119 Å². The van der Waals surface area contributed by atoms with Crippen LogP contribution in [0.1, 0.15) is 57.9 Å². The van der Waals surface area contributed by atoms with E-state index in [1.807, 2.05) is 42.5 Å². The first-order valence-electron chi connectivity index (χ1n) is 12.3. The van der Waals surface area contributed by atoms with Gasteiger partial charge in [0.25, 0.3) is 5.91 Å². The summed E-state index contributed by atoms with van der Waals surface area (Å²) in [6.07, 6.45) is -2.86. The van der Waals surface area contributed by atoms with Gasteiger partial charge in [-0.3, -0.25) is 4.79 Å². The van der Waals surface area contributed by atoms with Crippen molar-refractivity contribution in [1.82, 2.24) is 15.1 Å². The molecule has 1 aliphatic rings. The molecule has 5 rings (SSSR count). The molecule has 0 fully saturated rings. The van der Waals surface area contributed by atoms with E-state index in [2.05, 4.69) is 40.0 Å². The van der Waals surface area contributed by atoms with Gasteiger partial charge in [-0.05, 0) is 23.1 Å². The van der Waals surface area contributed by atoms with E-state index in [1.165, 1.54) is 6.20 Å². The predicted octanol–water partition coefficient (Wildman–Crippen LogP) is 6.50. The zero-order chi connectivity index (χ0) is 25.8. The summed E-state index contributed by atoms with van der Waals surface area (Å²) in [5, 5.41) is 10.0. The van der Waals surface area contributed by atoms with Gasteiger partial charge < -0.3 is 10.6 Å². The second kappa shape index (κ2) is 10.5. The van der Waals surface area contributed by atoms with E-state index in [-0.39, 0.29) is 23.7 Å². The summed E-state index contributed by atoms with van der Waals surface area (Å²) >= 11 is 0. The molecule has 5 nitrogen and oxygen atoms in total. The highest BCUT2D eigenvalue weighted by Crippen LogP contribution is 2.44. The fourth-order valence-corrected chi connectivity index (χ4v) is 4.95. The van der Waals surface area contributed by atoms with Crippen LogP contribution in [0.4, 0.5) is 19.0 Å². The molecule has 0 saturated carbocycles. The van der Waals surface area contributed by atoms with Crippen molar-refractivity contribution in [2.24, 2.45) is 0 Å². The lowest BCUT2D eigenvalue weighted by Crippen LogP contribution is -2.36. The van der Waals surface area contributed by atoms with Crippen LogP contribution in [0.3, 0.4) is 0 Å². The number of carbonyl (C=O) groups is 1. The van der Waals surface area contributed by atoms with Gasteiger partial charge in [0.1, 0.15) is 11.4 Å². The Labute approximate surface area is 213 Å². The Kier molecular flexibility index (Phi) is 6.99. The Morgan fingerprint density at radius 1 is 0.946 bits per heavy atom. The highest BCUT2D eigenvalue weighted by molar-refractivity contribution is 5.98. The fraction of sp³-hybridized carbons (Fsp3) is 0.241. The Morgan fingerprint density at radius 3 is 2.08 bits per heavy atom. The molecule has 1 amide bonds. The molecule has 0 aliphatic carbocycles. The average molecular weight is 505 g/mol. The van der Waals surface area contributed by atoms with Crippen molar-refractivity contribution in [2.45, 2.75) is 37.0 Å². The van der Waals surface area contributed by atoms with Crippen molar-refractivity contribution >= 4 is 11.7 Å². The van der Waals surface area contributed by atoms with Crippen LogP contribution in [0.25, 0.3) is 0 Å². The number of fused-ring (bicyclic) bond motifs is 1. The van der Waals surface area contributed by atoms with Gasteiger partial charge in [0, 0.05) is 18.9 Å². The molecule has 190 valence electrons. The monoisotopic (exact) mass is 504 g/mol. The minimum absolute atomic E-state index is 0.0685. The topological polar surface area (TPSA) is 59.0 Å². The van der Waals surface area contributed by atoms with E-state index in [4.69, 9.17) is 0 Å². The number of nitrogens with one attached hydrogen (secondary N) is 2. The summed E-state index contributed by atoms with van der Waals surface area (Å²) in [5.41, 5.74) is 3.09. The van der Waals surface area contributed by atoms with Crippen LogP contribution in [0, 0.1) is 0 Å². The Morgan fingerprint density at radius 2 is 1.51 bits per heavy atom. The molecule has 0 bridgehead atoms. The van der Waals surface area contributed by atoms with E-state index in [1.54, 1.807) is 24.3 Å². The predicted molar refractivity (Wildman–Crippen MR) is 136 cm³/mol. The Hall–Kier alpha value is -4.07. The quantitative estimate of drug-likeness (QED) is 0.302. The van der Waals surface area contributed by atoms with Crippen molar-refractivity contribution in [3.63, 3.8) is 0 Å². The largest absolute Gasteiger partial charge is 0.410 e. The summed E-state index contributed by atoms with van der Waals surface area (Å²) in [6.45, 7) is 0.350. The van der Waals surface area contributed by atoms with Gasteiger partial charge in [0.2, 0.25) is 0 Å². The van der Waals surface area contributed by atoms with Gasteiger partial charge >= 0.3 is 6.18 Å². The fourth-order valence-electron chi connectivity index (χ4n) is 4.95. The number of nitrogens with zero attached hydrogens (tertiary/aromatic N) is 2. The number of halogens is 3. The molecule has 2 heterocycles. The lowest BCUT2D eigenvalue weighted by atomic mass is 9.88. The van der Waals surface area contributed by atoms with Crippen molar-refractivity contribution in [1.29, 1.82) is 0 Å². The van der Waals surface area contributed by atoms with Crippen LogP contribution in [-0.4, -0.2) is 28.4 Å². The lowest BCUT2D eigenvalue weighted by molar-refractivity contribution is -0.173. The molecular weight excluding hydrogens is 477 g/mol. The molecule has 1 aliphatic heterocycles. The third kappa shape index (κ3) is 5.38. The number of hydrogen-bond donors (Lipinski definition) is 2. The molecule has 1 aromatic heterocycles. The number of carbonyl (C=O) groups excluding carboxylic acids is 1. The van der Waals surface area contributed by atoms with Gasteiger partial charge in [-0.25, -0.2) is 4.68 Å². The summed E-state index contributed by atoms with van der Waals surface area (Å²) in [6, 6.07) is 26.6. The maximum absolute atomic E-state index is 13.9. The second-order valence-corrected chi connectivity index (χ2v) is 9.17. The van der Waals surface area contributed by atoms with Crippen LogP contribution >= 0.6 is 0 Å². The second-order valence-electron chi connectivity index (χ2n) is 9.17. The zero-order valence-corrected chi connectivity index (χ0v) is 20.0. The minimum atomic E-state index is -4.50. The normalized spacial score (nSPS) is 17.2. The van der Waals surface area contributed by atoms with Gasteiger partial charge in [0.15, 0.2) is 6.04 Å². The van der Waals surface area contributed by atoms with Crippen molar-refractivity contribution in [3.8, 4) is 0 Å². The van der Waals surface area contributed by atoms with Gasteiger partial charge in [-0.2, -0.15) is 18.3 Å². The van der Waals surface area contributed by atoms with Crippen LogP contribution in [0.5, 0.6) is 0 Å². The Balaban J connectivity index is 1.34. The van der Waals surface area contributed by atoms with Crippen molar-refractivity contribution < 1.29 is 18.0 Å². The number of anilines is 1. The van der Waals surface area contributed by atoms with E-state index in [9.17, 15) is 18.0 Å². The van der Waals surface area contributed by atoms with Crippen molar-refractivity contribution in [2.75, 3.05) is 11.9 Å². The summed E-state index contributed by atoms with van der Waals surface area (Å²) in [7, 11) is 0. The molecule has 0 spiro atoms. The molecule has 2 N–H and O–H groups in total. The van der Waals surface area contributed by atoms with Crippen LogP contribution in [0.2, 0.25) is 0 Å². The standard InChI is InChI=1S/C29H27F3N4O/c30-29(31,32)26-18-25(22-14-8-3-9-15-22)35-27-24(19-34-36(26)27)28(37)33-17-16-23(20-10-4-1-5-11-20)21-12-6-2-7-13-21/h1-15,19,23,25-26,35H,16-18H2,(H,33,37).